The average molecular weight is 256 g/mol. The second-order valence-corrected chi connectivity index (χ2v) is 5.15. The number of hydrogen-bond acceptors (Lipinski definition) is 5. The molecule has 1 aliphatic rings. The third-order valence-corrected chi connectivity index (χ3v) is 3.56. The highest BCUT2D eigenvalue weighted by Gasteiger charge is 2.11. The molecule has 1 saturated heterocycles. The van der Waals surface area contributed by atoms with E-state index in [0.29, 0.717) is 0 Å². The monoisotopic (exact) mass is 256 g/mol. The maximum Gasteiger partial charge on any atom is 0.128 e. The fourth-order valence-electron chi connectivity index (χ4n) is 1.71. The smallest absolute Gasteiger partial charge is 0.128 e. The molecule has 16 heavy (non-hydrogen) atoms. The van der Waals surface area contributed by atoms with Gasteiger partial charge in [-0.25, -0.2) is 4.98 Å². The summed E-state index contributed by atoms with van der Waals surface area (Å²) in [6.07, 6.45) is 3.00. The number of nitrogens with zero attached hydrogens (tertiary/aromatic N) is 2. The van der Waals surface area contributed by atoms with Crippen LogP contribution >= 0.6 is 22.5 Å². The number of pyridine rings is 1. The first-order valence-electron chi connectivity index (χ1n) is 5.44. The molecule has 2 rings (SSSR count). The van der Waals surface area contributed by atoms with E-state index in [1.54, 1.807) is 10.8 Å². The molecule has 0 bridgehead atoms. The largest absolute Gasteiger partial charge is 0.378 e. The lowest BCUT2D eigenvalue weighted by molar-refractivity contribution is 0.122. The van der Waals surface area contributed by atoms with Crippen molar-refractivity contribution in [3.8, 4) is 0 Å². The lowest BCUT2D eigenvalue weighted by atomic mass is 10.2. The van der Waals surface area contributed by atoms with E-state index in [1.807, 2.05) is 6.20 Å². The van der Waals surface area contributed by atoms with Crippen molar-refractivity contribution >= 4 is 28.3 Å². The summed E-state index contributed by atoms with van der Waals surface area (Å²) in [5, 5.41) is 0. The molecule has 0 radical (unpaired) electrons. The molecule has 0 amide bonds. The number of rotatable bonds is 4. The number of hydrogen-bond donors (Lipinski definition) is 1. The second kappa shape index (κ2) is 6.37. The van der Waals surface area contributed by atoms with Crippen LogP contribution in [0, 0.1) is 0 Å². The van der Waals surface area contributed by atoms with E-state index in [2.05, 4.69) is 33.7 Å². The van der Waals surface area contributed by atoms with Crippen molar-refractivity contribution < 1.29 is 4.74 Å². The Morgan fingerprint density at radius 3 is 2.81 bits per heavy atom. The van der Waals surface area contributed by atoms with Crippen LogP contribution in [-0.4, -0.2) is 37.0 Å². The Labute approximate surface area is 105 Å². The number of morpholine rings is 1. The molecule has 0 spiro atoms. The van der Waals surface area contributed by atoms with Crippen molar-refractivity contribution in [1.29, 1.82) is 0 Å². The normalized spacial score (nSPS) is 16.4. The van der Waals surface area contributed by atoms with Gasteiger partial charge in [-0.3, -0.25) is 0 Å². The standard InChI is InChI=1S/C11H16N2OS2/c15-16-8-3-10-1-2-11(12-9-10)13-4-6-14-7-5-13/h1-2,9,15H,3-8H2. The van der Waals surface area contributed by atoms with Crippen molar-refractivity contribution in [3.63, 3.8) is 0 Å². The SMILES string of the molecule is SSCCc1ccc(N2CCOCC2)nc1. The molecule has 2 heterocycles. The molecule has 1 fully saturated rings. The zero-order valence-corrected chi connectivity index (χ0v) is 10.8. The van der Waals surface area contributed by atoms with Gasteiger partial charge in [0.25, 0.3) is 0 Å². The van der Waals surface area contributed by atoms with Crippen LogP contribution in [-0.2, 0) is 11.2 Å². The van der Waals surface area contributed by atoms with E-state index in [4.69, 9.17) is 4.74 Å². The third kappa shape index (κ3) is 3.30. The summed E-state index contributed by atoms with van der Waals surface area (Å²) in [6.45, 7) is 3.50. The minimum atomic E-state index is 0.805. The Morgan fingerprint density at radius 2 is 2.19 bits per heavy atom. The number of thiol groups is 1. The first-order valence-corrected chi connectivity index (χ1v) is 7.48. The van der Waals surface area contributed by atoms with Gasteiger partial charge in [-0.1, -0.05) is 16.9 Å². The predicted octanol–water partition coefficient (Wildman–Crippen LogP) is 2.04. The number of ether oxygens (including phenoxy) is 1. The van der Waals surface area contributed by atoms with Crippen molar-refractivity contribution in [2.45, 2.75) is 6.42 Å². The second-order valence-electron chi connectivity index (χ2n) is 3.71. The molecule has 1 aromatic heterocycles. The fraction of sp³-hybridized carbons (Fsp3) is 0.545. The zero-order valence-electron chi connectivity index (χ0n) is 9.13. The van der Waals surface area contributed by atoms with E-state index in [-0.39, 0.29) is 0 Å². The van der Waals surface area contributed by atoms with Gasteiger partial charge in [0.2, 0.25) is 0 Å². The molecule has 0 saturated carbocycles. The van der Waals surface area contributed by atoms with Gasteiger partial charge in [0.05, 0.1) is 13.2 Å². The molecular weight excluding hydrogens is 240 g/mol. The van der Waals surface area contributed by atoms with Gasteiger partial charge >= 0.3 is 0 Å². The summed E-state index contributed by atoms with van der Waals surface area (Å²) in [4.78, 5) is 6.76. The Bertz CT molecular complexity index is 312. The Hall–Kier alpha value is -0.390. The molecule has 88 valence electrons. The first kappa shape index (κ1) is 12.1. The lowest BCUT2D eigenvalue weighted by Crippen LogP contribution is -2.36. The molecule has 0 unspecified atom stereocenters. The van der Waals surface area contributed by atoms with Crippen molar-refractivity contribution in [1.82, 2.24) is 4.98 Å². The molecular formula is C11H16N2OS2. The summed E-state index contributed by atoms with van der Waals surface area (Å²) >= 11 is 4.13. The Morgan fingerprint density at radius 1 is 1.38 bits per heavy atom. The molecule has 0 aliphatic carbocycles. The van der Waals surface area contributed by atoms with Gasteiger partial charge in [-0.05, 0) is 18.1 Å². The van der Waals surface area contributed by atoms with Crippen LogP contribution in [0.3, 0.4) is 0 Å². The summed E-state index contributed by atoms with van der Waals surface area (Å²) in [5.41, 5.74) is 1.28. The molecule has 0 aromatic carbocycles. The van der Waals surface area contributed by atoms with E-state index in [0.717, 1.165) is 44.3 Å². The van der Waals surface area contributed by atoms with Crippen LogP contribution in [0.25, 0.3) is 0 Å². The zero-order chi connectivity index (χ0) is 11.2. The van der Waals surface area contributed by atoms with Crippen LogP contribution in [0.15, 0.2) is 18.3 Å². The Kier molecular flexibility index (Phi) is 4.81. The van der Waals surface area contributed by atoms with Gasteiger partial charge in [-0.2, -0.15) is 0 Å². The highest BCUT2D eigenvalue weighted by atomic mass is 33.1. The van der Waals surface area contributed by atoms with Crippen LogP contribution in [0.5, 0.6) is 0 Å². The van der Waals surface area contributed by atoms with Crippen LogP contribution in [0.2, 0.25) is 0 Å². The van der Waals surface area contributed by atoms with E-state index < -0.39 is 0 Å². The van der Waals surface area contributed by atoms with E-state index in [1.165, 1.54) is 5.56 Å². The molecule has 0 N–H and O–H groups in total. The summed E-state index contributed by atoms with van der Waals surface area (Å²) in [7, 11) is 1.57. The van der Waals surface area contributed by atoms with E-state index >= 15 is 0 Å². The molecule has 5 heteroatoms. The molecule has 0 atom stereocenters. The maximum atomic E-state index is 5.32. The van der Waals surface area contributed by atoms with Crippen molar-refractivity contribution in [2.75, 3.05) is 37.0 Å². The van der Waals surface area contributed by atoms with E-state index in [9.17, 15) is 0 Å². The van der Waals surface area contributed by atoms with Crippen molar-refractivity contribution in [3.05, 3.63) is 23.9 Å². The number of aromatic nitrogens is 1. The summed E-state index contributed by atoms with van der Waals surface area (Å²) in [5.74, 6) is 2.09. The molecule has 1 aromatic rings. The van der Waals surface area contributed by atoms with Gasteiger partial charge in [0, 0.05) is 25.0 Å². The fourth-order valence-corrected chi connectivity index (χ4v) is 2.31. The highest BCUT2D eigenvalue weighted by molar-refractivity contribution is 8.68. The quantitative estimate of drug-likeness (QED) is 0.658. The van der Waals surface area contributed by atoms with Crippen LogP contribution < -0.4 is 4.90 Å². The minimum absolute atomic E-state index is 0.805. The first-order chi connectivity index (χ1) is 7.90. The average Bonchev–Trinajstić information content (AvgIpc) is 2.38. The maximum absolute atomic E-state index is 5.32. The van der Waals surface area contributed by atoms with Gasteiger partial charge in [0.15, 0.2) is 0 Å². The van der Waals surface area contributed by atoms with Gasteiger partial charge in [0.1, 0.15) is 5.82 Å². The van der Waals surface area contributed by atoms with Crippen LogP contribution in [0.4, 0.5) is 5.82 Å². The molecule has 3 nitrogen and oxygen atoms in total. The van der Waals surface area contributed by atoms with Crippen molar-refractivity contribution in [2.24, 2.45) is 0 Å². The Balaban J connectivity index is 1.95. The van der Waals surface area contributed by atoms with Gasteiger partial charge < -0.3 is 9.64 Å². The number of aryl methyl sites for hydroxylation is 1. The third-order valence-electron chi connectivity index (χ3n) is 2.63. The summed E-state index contributed by atoms with van der Waals surface area (Å²) in [6, 6.07) is 4.26. The van der Waals surface area contributed by atoms with Gasteiger partial charge in [-0.15, -0.1) is 11.7 Å². The highest BCUT2D eigenvalue weighted by Crippen LogP contribution is 2.14. The predicted molar refractivity (Wildman–Crippen MR) is 72.4 cm³/mol. The van der Waals surface area contributed by atoms with Crippen LogP contribution in [0.1, 0.15) is 5.56 Å². The molecule has 1 aliphatic heterocycles. The number of anilines is 1. The minimum Gasteiger partial charge on any atom is -0.378 e. The lowest BCUT2D eigenvalue weighted by Gasteiger charge is -2.27. The topological polar surface area (TPSA) is 25.4 Å². The summed E-state index contributed by atoms with van der Waals surface area (Å²) < 4.78 is 5.32.